The second-order valence-corrected chi connectivity index (χ2v) is 14.0. The Morgan fingerprint density at radius 3 is 2.57 bits per heavy atom. The van der Waals surface area contributed by atoms with E-state index in [1.165, 1.54) is 0 Å². The lowest BCUT2D eigenvalue weighted by molar-refractivity contribution is -0.0820. The summed E-state index contributed by atoms with van der Waals surface area (Å²) in [6.07, 6.45) is 9.62. The molecule has 1 spiro atoms. The van der Waals surface area contributed by atoms with Crippen molar-refractivity contribution >= 4 is 17.4 Å². The van der Waals surface area contributed by atoms with E-state index in [2.05, 4.69) is 21.1 Å². The fourth-order valence-electron chi connectivity index (χ4n) is 6.81. The summed E-state index contributed by atoms with van der Waals surface area (Å²) in [5.41, 5.74) is 2.46. The van der Waals surface area contributed by atoms with Crippen LogP contribution in [-0.2, 0) is 9.47 Å². The Hall–Kier alpha value is -5.09. The molecule has 0 atom stereocenters. The normalized spacial score (nSPS) is 20.5. The highest BCUT2D eigenvalue weighted by Gasteiger charge is 2.50. The summed E-state index contributed by atoms with van der Waals surface area (Å²) < 4.78 is 30.6. The lowest BCUT2D eigenvalue weighted by Gasteiger charge is -2.44. The van der Waals surface area contributed by atoms with Crippen molar-refractivity contribution in [2.24, 2.45) is 5.41 Å². The van der Waals surface area contributed by atoms with Crippen LogP contribution >= 0.6 is 0 Å². The van der Waals surface area contributed by atoms with Gasteiger partial charge in [-0.3, -0.25) is 0 Å². The van der Waals surface area contributed by atoms with E-state index >= 15 is 0 Å². The summed E-state index contributed by atoms with van der Waals surface area (Å²) in [5, 5.41) is 14.2. The molecule has 3 aliphatic rings. The van der Waals surface area contributed by atoms with E-state index < -0.39 is 5.60 Å². The number of methoxy groups -OCH3 is 1. The average molecular weight is 668 g/mol. The predicted octanol–water partition coefficient (Wildman–Crippen LogP) is 5.12. The number of nitrogens with zero attached hydrogens (tertiary/aromatic N) is 7. The number of fused-ring (bicyclic) bond motifs is 1. The summed E-state index contributed by atoms with van der Waals surface area (Å²) >= 11 is 0. The van der Waals surface area contributed by atoms with Crippen molar-refractivity contribution in [2.45, 2.75) is 57.8 Å². The van der Waals surface area contributed by atoms with E-state index in [0.29, 0.717) is 54.8 Å². The minimum Gasteiger partial charge on any atom is -0.490 e. The van der Waals surface area contributed by atoms with Gasteiger partial charge in [0.2, 0.25) is 5.88 Å². The lowest BCUT2D eigenvalue weighted by atomic mass is 9.66. The molecule has 6 heterocycles. The van der Waals surface area contributed by atoms with Crippen LogP contribution in [0.25, 0.3) is 16.6 Å². The van der Waals surface area contributed by atoms with Gasteiger partial charge in [-0.2, -0.15) is 10.4 Å². The number of anilines is 1. The number of aromatic nitrogens is 4. The van der Waals surface area contributed by atoms with Crippen LogP contribution in [0.1, 0.15) is 45.6 Å². The Kier molecular flexibility index (Phi) is 8.66. The smallest absolute Gasteiger partial charge is 0.410 e. The number of likely N-dealkylation sites (tertiary alicyclic amines) is 1. The SMILES string of the molecule is COc1ccc(OC2CN(c3ccc(-c4cc(OCCOC5CC6(CCN(C(=O)OC(C)(C)C)C6)C5)cn5ncc(C#N)c45)cn3)C2)cn1. The van der Waals surface area contributed by atoms with Crippen molar-refractivity contribution in [3.63, 3.8) is 0 Å². The molecule has 1 aliphatic carbocycles. The van der Waals surface area contributed by atoms with Gasteiger partial charge in [0.05, 0.1) is 62.6 Å². The Morgan fingerprint density at radius 1 is 1.04 bits per heavy atom. The number of hydrogen-bond donors (Lipinski definition) is 0. The summed E-state index contributed by atoms with van der Waals surface area (Å²) in [7, 11) is 1.58. The van der Waals surface area contributed by atoms with Crippen LogP contribution in [-0.4, -0.2) is 94.9 Å². The molecule has 1 saturated carbocycles. The van der Waals surface area contributed by atoms with Gasteiger partial charge in [-0.1, -0.05) is 0 Å². The third kappa shape index (κ3) is 7.05. The number of carbonyl (C=O) groups is 1. The molecule has 0 bridgehead atoms. The Morgan fingerprint density at radius 2 is 1.88 bits per heavy atom. The standard InChI is InChI=1S/C36H41N7O6/c1-35(2,3)49-34(44)41-10-9-36(23-41)14-28(15-36)47-12-11-46-27-13-30(33-25(16-37)18-40-43(33)22-27)24-5-7-31(38-17-24)42-20-29(21-42)48-26-6-8-32(45-4)39-19-26/h5-8,13,17-19,22,28-29H,9-12,14-15,20-21,23H2,1-4H3. The van der Waals surface area contributed by atoms with Crippen LogP contribution in [0.15, 0.2) is 55.1 Å². The molecular weight excluding hydrogens is 626 g/mol. The minimum absolute atomic E-state index is 0.0433. The first kappa shape index (κ1) is 32.5. The summed E-state index contributed by atoms with van der Waals surface area (Å²) in [4.78, 5) is 25.4. The van der Waals surface area contributed by atoms with Gasteiger partial charge in [-0.15, -0.1) is 0 Å². The number of nitriles is 1. The molecule has 13 nitrogen and oxygen atoms in total. The van der Waals surface area contributed by atoms with Gasteiger partial charge in [0.15, 0.2) is 0 Å². The van der Waals surface area contributed by atoms with Crippen molar-refractivity contribution in [3.8, 4) is 34.6 Å². The molecule has 4 aromatic rings. The van der Waals surface area contributed by atoms with Crippen molar-refractivity contribution in [1.29, 1.82) is 5.26 Å². The maximum atomic E-state index is 12.5. The second-order valence-electron chi connectivity index (χ2n) is 14.0. The molecule has 13 heteroatoms. The molecule has 49 heavy (non-hydrogen) atoms. The van der Waals surface area contributed by atoms with Gasteiger partial charge in [-0.25, -0.2) is 19.3 Å². The molecule has 0 N–H and O–H groups in total. The largest absolute Gasteiger partial charge is 0.490 e. The molecule has 0 aromatic carbocycles. The number of pyridine rings is 3. The third-order valence-corrected chi connectivity index (χ3v) is 9.28. The maximum Gasteiger partial charge on any atom is 0.410 e. The fraction of sp³-hybridized carbons (Fsp3) is 0.472. The number of rotatable bonds is 10. The first-order valence-corrected chi connectivity index (χ1v) is 16.6. The number of carbonyl (C=O) groups excluding carboxylic acids is 1. The minimum atomic E-state index is -0.493. The van der Waals surface area contributed by atoms with Crippen molar-refractivity contribution in [1.82, 2.24) is 24.5 Å². The van der Waals surface area contributed by atoms with E-state index in [1.54, 1.807) is 36.3 Å². The van der Waals surface area contributed by atoms with E-state index in [0.717, 1.165) is 49.3 Å². The molecule has 2 aliphatic heterocycles. The Bertz CT molecular complexity index is 1840. The lowest BCUT2D eigenvalue weighted by Crippen LogP contribution is -2.54. The highest BCUT2D eigenvalue weighted by Crippen LogP contribution is 2.49. The monoisotopic (exact) mass is 667 g/mol. The highest BCUT2D eigenvalue weighted by molar-refractivity contribution is 5.85. The van der Waals surface area contributed by atoms with Gasteiger partial charge in [-0.05, 0) is 69.7 Å². The topological polar surface area (TPSA) is 137 Å². The van der Waals surface area contributed by atoms with E-state index in [1.807, 2.05) is 56.1 Å². The number of ether oxygens (including phenoxy) is 5. The molecule has 0 unspecified atom stereocenters. The quantitative estimate of drug-likeness (QED) is 0.208. The molecule has 0 radical (unpaired) electrons. The van der Waals surface area contributed by atoms with Crippen molar-refractivity contribution < 1.29 is 28.5 Å². The van der Waals surface area contributed by atoms with Crippen molar-refractivity contribution in [3.05, 3.63) is 60.7 Å². The van der Waals surface area contributed by atoms with Crippen LogP contribution < -0.4 is 19.1 Å². The molecule has 7 rings (SSSR count). The molecule has 3 fully saturated rings. The van der Waals surface area contributed by atoms with Gasteiger partial charge in [0, 0.05) is 36.5 Å². The van der Waals surface area contributed by atoms with E-state index in [4.69, 9.17) is 28.7 Å². The van der Waals surface area contributed by atoms with E-state index in [-0.39, 0.29) is 23.7 Å². The molecular formula is C36H41N7O6. The van der Waals surface area contributed by atoms with Crippen LogP contribution in [0, 0.1) is 16.7 Å². The van der Waals surface area contributed by atoms with Crippen LogP contribution in [0.5, 0.6) is 17.4 Å². The second kappa shape index (κ2) is 13.1. The first-order valence-electron chi connectivity index (χ1n) is 16.6. The number of hydrogen-bond acceptors (Lipinski definition) is 11. The van der Waals surface area contributed by atoms with Crippen LogP contribution in [0.4, 0.5) is 10.6 Å². The average Bonchev–Trinajstić information content (AvgIpc) is 3.69. The maximum absolute atomic E-state index is 12.5. The molecule has 4 aromatic heterocycles. The first-order chi connectivity index (χ1) is 23.6. The zero-order valence-electron chi connectivity index (χ0n) is 28.3. The summed E-state index contributed by atoms with van der Waals surface area (Å²) in [6.45, 7) is 9.35. The predicted molar refractivity (Wildman–Crippen MR) is 180 cm³/mol. The Balaban J connectivity index is 0.925. The summed E-state index contributed by atoms with van der Waals surface area (Å²) in [5.74, 6) is 2.71. The van der Waals surface area contributed by atoms with Crippen LogP contribution in [0.2, 0.25) is 0 Å². The third-order valence-electron chi connectivity index (χ3n) is 9.28. The summed E-state index contributed by atoms with van der Waals surface area (Å²) in [6, 6.07) is 11.8. The van der Waals surface area contributed by atoms with Crippen LogP contribution in [0.3, 0.4) is 0 Å². The number of amides is 1. The molecule has 256 valence electrons. The zero-order valence-corrected chi connectivity index (χ0v) is 28.3. The van der Waals surface area contributed by atoms with Gasteiger partial charge < -0.3 is 33.5 Å². The van der Waals surface area contributed by atoms with Gasteiger partial charge in [0.1, 0.15) is 41.7 Å². The molecule has 1 amide bonds. The van der Waals surface area contributed by atoms with Gasteiger partial charge >= 0.3 is 6.09 Å². The molecule has 2 saturated heterocycles. The van der Waals surface area contributed by atoms with Gasteiger partial charge in [0.25, 0.3) is 0 Å². The zero-order chi connectivity index (χ0) is 34.2. The van der Waals surface area contributed by atoms with E-state index in [9.17, 15) is 10.1 Å². The fourth-order valence-corrected chi connectivity index (χ4v) is 6.81. The highest BCUT2D eigenvalue weighted by atomic mass is 16.6. The Labute approximate surface area is 285 Å². The van der Waals surface area contributed by atoms with Crippen molar-refractivity contribution in [2.75, 3.05) is 51.4 Å².